The van der Waals surface area contributed by atoms with Crippen molar-refractivity contribution < 1.29 is 4.79 Å². The number of hydrogen-bond acceptors (Lipinski definition) is 1. The number of hydrogen-bond donors (Lipinski definition) is 0. The Morgan fingerprint density at radius 3 is 2.60 bits per heavy atom. The number of carbonyl (C=O) groups is 1. The van der Waals surface area contributed by atoms with Crippen LogP contribution in [-0.2, 0) is 13.0 Å². The van der Waals surface area contributed by atoms with Gasteiger partial charge in [-0.25, -0.2) is 0 Å². The molecule has 2 heterocycles. The number of amides is 1. The summed E-state index contributed by atoms with van der Waals surface area (Å²) in [6.45, 7) is 3.71. The minimum atomic E-state index is 0.154. The monoisotopic (exact) mass is 332 g/mol. The molecule has 0 saturated heterocycles. The number of rotatable bonds is 2. The normalized spacial score (nSPS) is 15.1. The van der Waals surface area contributed by atoms with Crippen LogP contribution in [0.15, 0.2) is 48.5 Å². The van der Waals surface area contributed by atoms with Gasteiger partial charge in [0.25, 0.3) is 5.91 Å². The van der Waals surface area contributed by atoms with Crippen LogP contribution in [-0.4, -0.2) is 29.0 Å². The number of benzene rings is 2. The van der Waals surface area contributed by atoms with Gasteiger partial charge in [0, 0.05) is 25.5 Å². The van der Waals surface area contributed by atoms with Crippen molar-refractivity contribution in [3.63, 3.8) is 0 Å². The molecule has 3 heteroatoms. The Labute approximate surface area is 148 Å². The molecule has 0 aliphatic carbocycles. The number of aromatic nitrogens is 1. The number of para-hydroxylation sites is 1. The molecule has 3 nitrogen and oxygen atoms in total. The van der Waals surface area contributed by atoms with Crippen LogP contribution < -0.4 is 0 Å². The first kappa shape index (κ1) is 15.9. The van der Waals surface area contributed by atoms with E-state index in [4.69, 9.17) is 0 Å². The third-order valence-electron chi connectivity index (χ3n) is 5.29. The molecule has 0 saturated carbocycles. The second kappa shape index (κ2) is 6.40. The van der Waals surface area contributed by atoms with Crippen molar-refractivity contribution >= 4 is 16.8 Å². The van der Waals surface area contributed by atoms with E-state index in [0.717, 1.165) is 38.0 Å². The molecular weight excluding hydrogens is 308 g/mol. The van der Waals surface area contributed by atoms with Gasteiger partial charge in [-0.05, 0) is 42.9 Å². The molecule has 0 spiro atoms. The van der Waals surface area contributed by atoms with Gasteiger partial charge in [-0.2, -0.15) is 0 Å². The lowest BCUT2D eigenvalue weighted by Crippen LogP contribution is -2.32. The summed E-state index contributed by atoms with van der Waals surface area (Å²) in [6, 6.07) is 16.9. The molecule has 3 aromatic rings. The highest BCUT2D eigenvalue weighted by Gasteiger charge is 2.27. The molecule has 1 aromatic heterocycles. The van der Waals surface area contributed by atoms with E-state index in [-0.39, 0.29) is 5.91 Å². The first-order chi connectivity index (χ1) is 12.2. The molecule has 0 radical (unpaired) electrons. The largest absolute Gasteiger partial charge is 0.340 e. The average molecular weight is 332 g/mol. The molecule has 0 bridgehead atoms. The van der Waals surface area contributed by atoms with Gasteiger partial charge < -0.3 is 9.47 Å². The average Bonchev–Trinajstić information content (AvgIpc) is 2.92. The van der Waals surface area contributed by atoms with E-state index in [9.17, 15) is 4.79 Å². The van der Waals surface area contributed by atoms with Crippen LogP contribution in [0.3, 0.4) is 0 Å². The Bertz CT molecular complexity index is 924. The van der Waals surface area contributed by atoms with Gasteiger partial charge in [-0.3, -0.25) is 4.79 Å². The number of fused-ring (bicyclic) bond motifs is 3. The Morgan fingerprint density at radius 2 is 1.80 bits per heavy atom. The van der Waals surface area contributed by atoms with Crippen LogP contribution in [0.1, 0.15) is 40.0 Å². The lowest BCUT2D eigenvalue weighted by Gasteiger charge is -2.22. The van der Waals surface area contributed by atoms with Crippen molar-refractivity contribution in [1.29, 1.82) is 0 Å². The fourth-order valence-corrected chi connectivity index (χ4v) is 4.02. The lowest BCUT2D eigenvalue weighted by atomic mass is 10.0. The minimum Gasteiger partial charge on any atom is -0.340 e. The Kier molecular flexibility index (Phi) is 4.08. The van der Waals surface area contributed by atoms with E-state index < -0.39 is 0 Å². The first-order valence-electron chi connectivity index (χ1n) is 9.07. The van der Waals surface area contributed by atoms with Crippen LogP contribution in [0.25, 0.3) is 10.9 Å². The number of aryl methyl sites for hydroxylation is 2. The van der Waals surface area contributed by atoms with E-state index in [2.05, 4.69) is 54.0 Å². The molecule has 2 aromatic carbocycles. The zero-order chi connectivity index (χ0) is 17.4. The molecule has 1 aliphatic rings. The second-order valence-electron chi connectivity index (χ2n) is 7.05. The highest BCUT2D eigenvalue weighted by molar-refractivity contribution is 6.02. The van der Waals surface area contributed by atoms with Gasteiger partial charge in [0.05, 0.1) is 5.52 Å². The summed E-state index contributed by atoms with van der Waals surface area (Å²) >= 11 is 0. The third-order valence-corrected chi connectivity index (χ3v) is 5.29. The van der Waals surface area contributed by atoms with Crippen molar-refractivity contribution in [2.75, 3.05) is 13.6 Å². The molecule has 1 amide bonds. The summed E-state index contributed by atoms with van der Waals surface area (Å²) in [6.07, 6.45) is 3.18. The maximum atomic E-state index is 13.2. The summed E-state index contributed by atoms with van der Waals surface area (Å²) in [5.74, 6) is 0.154. The summed E-state index contributed by atoms with van der Waals surface area (Å²) in [4.78, 5) is 15.1. The SMILES string of the molecule is Cc1cccc2c3c(n(Cc4ccccc4)c12)C(=O)N(C)CCCC3. The molecule has 0 N–H and O–H groups in total. The molecule has 0 fully saturated rings. The van der Waals surface area contributed by atoms with Crippen molar-refractivity contribution in [3.8, 4) is 0 Å². The lowest BCUT2D eigenvalue weighted by molar-refractivity contribution is 0.0777. The van der Waals surface area contributed by atoms with Crippen molar-refractivity contribution in [2.45, 2.75) is 32.7 Å². The molecule has 0 atom stereocenters. The van der Waals surface area contributed by atoms with Crippen molar-refractivity contribution in [3.05, 3.63) is 70.9 Å². The fourth-order valence-electron chi connectivity index (χ4n) is 4.02. The Balaban J connectivity index is 1.99. The zero-order valence-corrected chi connectivity index (χ0v) is 15.0. The molecular formula is C22H24N2O. The molecule has 25 heavy (non-hydrogen) atoms. The summed E-state index contributed by atoms with van der Waals surface area (Å²) < 4.78 is 2.25. The Hall–Kier alpha value is -2.55. The van der Waals surface area contributed by atoms with Crippen LogP contribution >= 0.6 is 0 Å². The highest BCUT2D eigenvalue weighted by atomic mass is 16.2. The molecule has 4 rings (SSSR count). The number of carbonyl (C=O) groups excluding carboxylic acids is 1. The van der Waals surface area contributed by atoms with Crippen LogP contribution in [0.2, 0.25) is 0 Å². The summed E-state index contributed by atoms with van der Waals surface area (Å²) in [7, 11) is 1.93. The van der Waals surface area contributed by atoms with Crippen LogP contribution in [0.5, 0.6) is 0 Å². The second-order valence-corrected chi connectivity index (χ2v) is 7.05. The molecule has 0 unspecified atom stereocenters. The third kappa shape index (κ3) is 2.74. The summed E-state index contributed by atoms with van der Waals surface area (Å²) in [5.41, 5.74) is 5.78. The quantitative estimate of drug-likeness (QED) is 0.682. The first-order valence-corrected chi connectivity index (χ1v) is 9.07. The molecule has 1 aliphatic heterocycles. The highest BCUT2D eigenvalue weighted by Crippen LogP contribution is 2.32. The predicted octanol–water partition coefficient (Wildman–Crippen LogP) is 4.41. The zero-order valence-electron chi connectivity index (χ0n) is 15.0. The van der Waals surface area contributed by atoms with Gasteiger partial charge in [0.2, 0.25) is 0 Å². The van der Waals surface area contributed by atoms with E-state index in [0.29, 0.717) is 0 Å². The maximum absolute atomic E-state index is 13.2. The van der Waals surface area contributed by atoms with Crippen molar-refractivity contribution in [2.24, 2.45) is 0 Å². The standard InChI is InChI=1S/C22H24N2O/c1-16-9-8-13-18-19-12-6-7-14-23(2)22(25)21(19)24(20(16)18)15-17-10-4-3-5-11-17/h3-5,8-11,13H,6-7,12,14-15H2,1-2H3. The topological polar surface area (TPSA) is 25.2 Å². The van der Waals surface area contributed by atoms with Crippen LogP contribution in [0.4, 0.5) is 0 Å². The smallest absolute Gasteiger partial charge is 0.270 e. The fraction of sp³-hybridized carbons (Fsp3) is 0.318. The van der Waals surface area contributed by atoms with Gasteiger partial charge in [-0.15, -0.1) is 0 Å². The van der Waals surface area contributed by atoms with E-state index in [1.807, 2.05) is 18.0 Å². The summed E-state index contributed by atoms with van der Waals surface area (Å²) in [5, 5.41) is 1.24. The predicted molar refractivity (Wildman–Crippen MR) is 102 cm³/mol. The minimum absolute atomic E-state index is 0.154. The van der Waals surface area contributed by atoms with E-state index >= 15 is 0 Å². The van der Waals surface area contributed by atoms with Gasteiger partial charge in [0.15, 0.2) is 0 Å². The Morgan fingerprint density at radius 1 is 1.00 bits per heavy atom. The maximum Gasteiger partial charge on any atom is 0.270 e. The van der Waals surface area contributed by atoms with E-state index in [1.165, 1.54) is 27.6 Å². The van der Waals surface area contributed by atoms with Gasteiger partial charge in [0.1, 0.15) is 5.69 Å². The van der Waals surface area contributed by atoms with Gasteiger partial charge >= 0.3 is 0 Å². The molecule has 128 valence electrons. The van der Waals surface area contributed by atoms with Crippen molar-refractivity contribution in [1.82, 2.24) is 9.47 Å². The van der Waals surface area contributed by atoms with E-state index in [1.54, 1.807) is 0 Å². The van der Waals surface area contributed by atoms with Crippen LogP contribution in [0, 0.1) is 6.92 Å². The van der Waals surface area contributed by atoms with Gasteiger partial charge in [-0.1, -0.05) is 48.5 Å². The number of nitrogens with zero attached hydrogens (tertiary/aromatic N) is 2.